The standard InChI is InChI=1S/C8H12N4O4.C6H11NO4.C5H11NO3.ClH/c9-7-10-3-12(8(15)11-7)6-1-4(14)5(2-13)16-6;8-2-5-4(10)1-6(11-5)7-3-9;6-5-1-3(8)4(2-7)9-5;/h3-6,13-14H,1-2H2,(H2,9,11,15);3-6,8,10H,1-2H2,(H,7,9);3-5,7-8H,1-2,6H2;1H/t2*4-,5-,6-;3-,4-,5-;/m111./s1. The van der Waals surface area contributed by atoms with Gasteiger partial charge in [0.1, 0.15) is 30.8 Å². The van der Waals surface area contributed by atoms with E-state index in [0.717, 1.165) is 0 Å². The number of nitrogens with one attached hydrogen (secondary N) is 2. The summed E-state index contributed by atoms with van der Waals surface area (Å²) in [6, 6.07) is 0. The molecule has 17 nitrogen and oxygen atoms in total. The van der Waals surface area contributed by atoms with Gasteiger partial charge in [0.05, 0.1) is 38.1 Å². The Bertz CT molecular complexity index is 870. The predicted octanol–water partition coefficient (Wildman–Crippen LogP) is -9.10. The lowest BCUT2D eigenvalue weighted by molar-refractivity contribution is -0.776. The number of hydrogen-bond acceptors (Lipinski definition) is 14. The number of carbonyl (C=O) groups excluding carboxylic acids is 1. The maximum absolute atomic E-state index is 11.5. The first-order valence-corrected chi connectivity index (χ1v) is 11.2. The molecule has 0 saturated carbocycles. The summed E-state index contributed by atoms with van der Waals surface area (Å²) < 4.78 is 16.4. The Labute approximate surface area is 217 Å². The number of halogens is 1. The third-order valence-electron chi connectivity index (χ3n) is 5.58. The lowest BCUT2D eigenvalue weighted by Crippen LogP contribution is -3.00. The van der Waals surface area contributed by atoms with Crippen LogP contribution in [-0.4, -0.2) is 116 Å². The van der Waals surface area contributed by atoms with Gasteiger partial charge in [-0.1, -0.05) is 4.98 Å². The highest BCUT2D eigenvalue weighted by molar-refractivity contribution is 5.46. The molecule has 18 heteroatoms. The molecule has 1 aromatic heterocycles. The summed E-state index contributed by atoms with van der Waals surface area (Å²) in [6.45, 7) is -0.675. The highest BCUT2D eigenvalue weighted by Gasteiger charge is 2.37. The maximum Gasteiger partial charge on any atom is 0.446 e. The summed E-state index contributed by atoms with van der Waals surface area (Å²) in [5, 5.41) is 56.0. The van der Waals surface area contributed by atoms with Crippen molar-refractivity contribution in [3.05, 3.63) is 16.8 Å². The highest BCUT2D eigenvalue weighted by Crippen LogP contribution is 2.23. The van der Waals surface area contributed by atoms with Gasteiger partial charge >= 0.3 is 11.6 Å². The van der Waals surface area contributed by atoms with Crippen molar-refractivity contribution in [1.82, 2.24) is 15.3 Å². The Morgan fingerprint density at radius 1 is 1.00 bits per heavy atom. The van der Waals surface area contributed by atoms with E-state index in [1.54, 1.807) is 0 Å². The smallest absolute Gasteiger partial charge is 0.446 e. The van der Waals surface area contributed by atoms with Crippen LogP contribution in [0.4, 0.5) is 5.95 Å². The number of nitrogen functional groups attached to an aromatic ring is 1. The second-order valence-electron chi connectivity index (χ2n) is 8.21. The molecule has 3 aliphatic rings. The molecule has 1 amide bonds. The molecule has 0 radical (unpaired) electrons. The zero-order valence-corrected chi connectivity index (χ0v) is 20.5. The Morgan fingerprint density at radius 2 is 1.54 bits per heavy atom. The molecule has 0 bridgehead atoms. The number of aliphatic hydroxyl groups excluding tert-OH is 6. The molecule has 0 aliphatic carbocycles. The summed E-state index contributed by atoms with van der Waals surface area (Å²) in [5.74, 6) is 0.0125. The fraction of sp³-hybridized carbons (Fsp3) is 0.789. The molecule has 12 N–H and O–H groups in total. The Hall–Kier alpha value is -2.03. The maximum atomic E-state index is 11.5. The number of aliphatic hydroxyl groups is 6. The largest absolute Gasteiger partial charge is 1.00 e. The summed E-state index contributed by atoms with van der Waals surface area (Å²) in [7, 11) is 0. The van der Waals surface area contributed by atoms with E-state index in [9.17, 15) is 14.7 Å². The molecular formula is C19H35ClN6O11. The first kappa shape index (κ1) is 33.0. The van der Waals surface area contributed by atoms with Crippen LogP contribution in [0.5, 0.6) is 0 Å². The Balaban J connectivity index is 0.000000287. The number of carbonyl (C=O) groups is 1. The van der Waals surface area contributed by atoms with E-state index in [1.165, 1.54) is 10.9 Å². The van der Waals surface area contributed by atoms with Crippen LogP contribution in [0.2, 0.25) is 0 Å². The molecule has 3 fully saturated rings. The van der Waals surface area contributed by atoms with Crippen LogP contribution < -0.4 is 39.4 Å². The van der Waals surface area contributed by atoms with Crippen LogP contribution in [0.1, 0.15) is 25.5 Å². The number of nitrogens with two attached hydrogens (primary N) is 2. The van der Waals surface area contributed by atoms with Crippen LogP contribution in [0.15, 0.2) is 11.1 Å². The Morgan fingerprint density at radius 3 is 1.97 bits per heavy atom. The fourth-order valence-corrected chi connectivity index (χ4v) is 3.64. The van der Waals surface area contributed by atoms with Gasteiger partial charge in [0.25, 0.3) is 0 Å². The fourth-order valence-electron chi connectivity index (χ4n) is 3.64. The van der Waals surface area contributed by atoms with Gasteiger partial charge in [-0.3, -0.25) is 4.79 Å². The van der Waals surface area contributed by atoms with E-state index >= 15 is 0 Å². The van der Waals surface area contributed by atoms with Crippen molar-refractivity contribution in [2.75, 3.05) is 25.6 Å². The monoisotopic (exact) mass is 558 g/mol. The second-order valence-corrected chi connectivity index (χ2v) is 8.21. The number of H-pyrrole nitrogens is 1. The number of aromatic nitrogens is 3. The lowest BCUT2D eigenvalue weighted by atomic mass is 10.2. The van der Waals surface area contributed by atoms with Gasteiger partial charge in [-0.2, -0.15) is 9.55 Å². The SMILES string of the molecule is N[C@H]1C[C@@H](O)[C@@H](CO)O1.Nc1nc[n+]([C@H]2C[C@@H](O)[C@@H](CO)O2)c(=O)[nH]1.O=CN[C@H]1C[C@@H](O)[C@@H](CO)O1.[Cl-]. The van der Waals surface area contributed by atoms with E-state index < -0.39 is 61.0 Å². The van der Waals surface area contributed by atoms with E-state index in [4.69, 9.17) is 51.2 Å². The minimum Gasteiger partial charge on any atom is -1.00 e. The van der Waals surface area contributed by atoms with Gasteiger partial charge in [-0.25, -0.2) is 4.79 Å². The number of anilines is 1. The van der Waals surface area contributed by atoms with E-state index in [-0.39, 0.29) is 44.6 Å². The van der Waals surface area contributed by atoms with Crippen LogP contribution in [0.25, 0.3) is 0 Å². The van der Waals surface area contributed by atoms with Crippen LogP contribution in [-0.2, 0) is 19.0 Å². The number of rotatable bonds is 6. The summed E-state index contributed by atoms with van der Waals surface area (Å²) in [6.07, 6.45) is -2.54. The highest BCUT2D eigenvalue weighted by atomic mass is 35.5. The number of ether oxygens (including phenoxy) is 3. The summed E-state index contributed by atoms with van der Waals surface area (Å²) >= 11 is 0. The lowest BCUT2D eigenvalue weighted by Gasteiger charge is -2.10. The summed E-state index contributed by atoms with van der Waals surface area (Å²) in [5.41, 5.74) is 10.1. The predicted molar refractivity (Wildman–Crippen MR) is 117 cm³/mol. The van der Waals surface area contributed by atoms with E-state index in [0.29, 0.717) is 19.3 Å². The molecule has 1 aromatic rings. The van der Waals surface area contributed by atoms with Crippen LogP contribution in [0, 0.1) is 0 Å². The molecule has 214 valence electrons. The molecule has 0 unspecified atom stereocenters. The third kappa shape index (κ3) is 9.65. The molecule has 3 aliphatic heterocycles. The molecule has 37 heavy (non-hydrogen) atoms. The van der Waals surface area contributed by atoms with Crippen molar-refractivity contribution in [3.63, 3.8) is 0 Å². The van der Waals surface area contributed by atoms with Gasteiger partial charge in [0.15, 0.2) is 6.23 Å². The van der Waals surface area contributed by atoms with Gasteiger partial charge < -0.3 is 74.0 Å². The van der Waals surface area contributed by atoms with Crippen LogP contribution in [0.3, 0.4) is 0 Å². The van der Waals surface area contributed by atoms with Crippen molar-refractivity contribution in [1.29, 1.82) is 0 Å². The van der Waals surface area contributed by atoms with Crippen molar-refractivity contribution >= 4 is 12.4 Å². The van der Waals surface area contributed by atoms with Crippen molar-refractivity contribution in [2.45, 2.75) is 74.6 Å². The number of nitrogens with zero attached hydrogens (tertiary/aromatic N) is 2. The first-order chi connectivity index (χ1) is 17.1. The van der Waals surface area contributed by atoms with Gasteiger partial charge in [-0.05, 0) is 0 Å². The van der Waals surface area contributed by atoms with E-state index in [2.05, 4.69) is 15.3 Å². The van der Waals surface area contributed by atoms with Crippen molar-refractivity contribution in [3.8, 4) is 0 Å². The number of aromatic amines is 1. The average Bonchev–Trinajstić information content (AvgIpc) is 3.49. The number of amides is 1. The normalized spacial score (nSPS) is 34.4. The average molecular weight is 559 g/mol. The second kappa shape index (κ2) is 16.0. The molecule has 3 saturated heterocycles. The van der Waals surface area contributed by atoms with Gasteiger partial charge in [0.2, 0.25) is 12.7 Å². The Kier molecular flexibility index (Phi) is 14.3. The molecule has 4 rings (SSSR count). The topological polar surface area (TPSA) is 280 Å². The van der Waals surface area contributed by atoms with Crippen molar-refractivity contribution in [2.24, 2.45) is 5.73 Å². The first-order valence-electron chi connectivity index (χ1n) is 11.2. The zero-order chi connectivity index (χ0) is 26.8. The van der Waals surface area contributed by atoms with Crippen LogP contribution >= 0.6 is 0 Å². The molecular weight excluding hydrogens is 524 g/mol. The molecule has 0 spiro atoms. The molecule has 4 heterocycles. The van der Waals surface area contributed by atoms with Crippen molar-refractivity contribution < 1.29 is 66.6 Å². The minimum absolute atomic E-state index is 0. The van der Waals surface area contributed by atoms with Gasteiger partial charge in [-0.15, -0.1) is 0 Å². The zero-order valence-electron chi connectivity index (χ0n) is 19.7. The number of hydrogen-bond donors (Lipinski definition) is 10. The summed E-state index contributed by atoms with van der Waals surface area (Å²) in [4.78, 5) is 27.5. The van der Waals surface area contributed by atoms with Gasteiger partial charge in [0, 0.05) is 19.3 Å². The molecule has 9 atom stereocenters. The quantitative estimate of drug-likeness (QED) is 0.115. The molecule has 0 aromatic carbocycles. The third-order valence-corrected chi connectivity index (χ3v) is 5.58. The minimum atomic E-state index is -0.792. The van der Waals surface area contributed by atoms with E-state index in [1.807, 2.05) is 0 Å².